The van der Waals surface area contributed by atoms with Crippen molar-refractivity contribution < 1.29 is 9.84 Å². The summed E-state index contributed by atoms with van der Waals surface area (Å²) in [5, 5.41) is 22.9. The fourth-order valence-corrected chi connectivity index (χ4v) is 5.04. The van der Waals surface area contributed by atoms with Crippen LogP contribution in [-0.4, -0.2) is 43.7 Å². The number of aromatic nitrogens is 4. The Kier molecular flexibility index (Phi) is 5.71. The second-order valence-electron chi connectivity index (χ2n) is 9.24. The predicted octanol–water partition coefficient (Wildman–Crippen LogP) is 3.47. The molecule has 1 saturated carbocycles. The summed E-state index contributed by atoms with van der Waals surface area (Å²) in [6, 6.07) is 16.2. The highest BCUT2D eigenvalue weighted by Gasteiger charge is 2.26. The SMILES string of the molecule is Nc1ncnc2c1c(-c1ccc(CNC(O)C3CNc4ccccc4O3)cc1)nn2C1CCCC1. The van der Waals surface area contributed by atoms with Gasteiger partial charge in [-0.05, 0) is 30.5 Å². The van der Waals surface area contributed by atoms with Crippen molar-refractivity contribution in [3.05, 3.63) is 60.4 Å². The van der Waals surface area contributed by atoms with Crippen molar-refractivity contribution >= 4 is 22.5 Å². The average Bonchev–Trinajstić information content (AvgIpc) is 3.56. The van der Waals surface area contributed by atoms with E-state index < -0.39 is 6.23 Å². The van der Waals surface area contributed by atoms with Crippen LogP contribution in [0.4, 0.5) is 11.5 Å². The summed E-state index contributed by atoms with van der Waals surface area (Å²) in [4.78, 5) is 8.73. The van der Waals surface area contributed by atoms with Crippen LogP contribution >= 0.6 is 0 Å². The Morgan fingerprint density at radius 2 is 1.91 bits per heavy atom. The Morgan fingerprint density at radius 1 is 1.11 bits per heavy atom. The van der Waals surface area contributed by atoms with E-state index >= 15 is 0 Å². The third kappa shape index (κ3) is 4.17. The lowest BCUT2D eigenvalue weighted by Gasteiger charge is -2.30. The van der Waals surface area contributed by atoms with Crippen molar-refractivity contribution in [2.75, 3.05) is 17.6 Å². The maximum atomic E-state index is 10.6. The van der Waals surface area contributed by atoms with E-state index in [1.54, 1.807) is 0 Å². The number of benzene rings is 2. The first kappa shape index (κ1) is 21.8. The Bertz CT molecular complexity index is 1330. The second kappa shape index (κ2) is 9.16. The van der Waals surface area contributed by atoms with Gasteiger partial charge in [0.15, 0.2) is 11.8 Å². The van der Waals surface area contributed by atoms with Gasteiger partial charge in [0.1, 0.15) is 29.8 Å². The zero-order valence-electron chi connectivity index (χ0n) is 19.4. The summed E-state index contributed by atoms with van der Waals surface area (Å²) in [6.45, 7) is 1.04. The van der Waals surface area contributed by atoms with Gasteiger partial charge < -0.3 is 20.9 Å². The lowest BCUT2D eigenvalue weighted by molar-refractivity contribution is 0.0165. The van der Waals surface area contributed by atoms with Crippen LogP contribution in [0.25, 0.3) is 22.3 Å². The van der Waals surface area contributed by atoms with Crippen LogP contribution < -0.4 is 21.1 Å². The van der Waals surface area contributed by atoms with Crippen molar-refractivity contribution in [2.45, 2.75) is 50.6 Å². The molecule has 2 atom stereocenters. The Balaban J connectivity index is 1.17. The normalized spacial score (nSPS) is 18.7. The van der Waals surface area contributed by atoms with Gasteiger partial charge in [0.2, 0.25) is 0 Å². The van der Waals surface area contributed by atoms with Crippen molar-refractivity contribution in [2.24, 2.45) is 0 Å². The first-order valence-electron chi connectivity index (χ1n) is 12.2. The Labute approximate surface area is 203 Å². The van der Waals surface area contributed by atoms with Gasteiger partial charge in [0.05, 0.1) is 23.7 Å². The first-order chi connectivity index (χ1) is 17.2. The molecule has 2 unspecified atom stereocenters. The number of nitrogens with two attached hydrogens (primary N) is 1. The number of nitrogens with one attached hydrogen (secondary N) is 2. The number of rotatable bonds is 6. The fraction of sp³-hybridized carbons (Fsp3) is 0.346. The first-order valence-corrected chi connectivity index (χ1v) is 12.2. The van der Waals surface area contributed by atoms with Gasteiger partial charge >= 0.3 is 0 Å². The van der Waals surface area contributed by atoms with Gasteiger partial charge in [-0.1, -0.05) is 49.2 Å². The molecule has 180 valence electrons. The Morgan fingerprint density at radius 3 is 2.74 bits per heavy atom. The monoisotopic (exact) mass is 471 g/mol. The number of ether oxygens (including phenoxy) is 1. The summed E-state index contributed by atoms with van der Waals surface area (Å²) in [7, 11) is 0. The Hall–Kier alpha value is -3.69. The number of hydrogen-bond acceptors (Lipinski definition) is 8. The number of fused-ring (bicyclic) bond motifs is 2. The molecule has 35 heavy (non-hydrogen) atoms. The van der Waals surface area contributed by atoms with E-state index in [0.29, 0.717) is 24.9 Å². The molecule has 0 spiro atoms. The van der Waals surface area contributed by atoms with E-state index in [4.69, 9.17) is 15.6 Å². The maximum Gasteiger partial charge on any atom is 0.164 e. The van der Waals surface area contributed by atoms with Crippen molar-refractivity contribution in [3.8, 4) is 17.0 Å². The van der Waals surface area contributed by atoms with E-state index in [1.807, 2.05) is 53.2 Å². The average molecular weight is 472 g/mol. The zero-order chi connectivity index (χ0) is 23.8. The lowest BCUT2D eigenvalue weighted by atomic mass is 10.1. The topological polar surface area (TPSA) is 123 Å². The third-order valence-corrected chi connectivity index (χ3v) is 6.94. The quantitative estimate of drug-likeness (QED) is 0.315. The molecule has 2 aliphatic rings. The number of hydrogen-bond donors (Lipinski definition) is 4. The second-order valence-corrected chi connectivity index (χ2v) is 9.24. The highest BCUT2D eigenvalue weighted by atomic mass is 16.5. The van der Waals surface area contributed by atoms with E-state index in [0.717, 1.165) is 52.1 Å². The van der Waals surface area contributed by atoms with Gasteiger partial charge in [0.25, 0.3) is 0 Å². The molecule has 0 amide bonds. The van der Waals surface area contributed by atoms with Gasteiger partial charge in [-0.15, -0.1) is 0 Å². The number of aliphatic hydroxyl groups is 1. The van der Waals surface area contributed by atoms with Crippen LogP contribution in [0.2, 0.25) is 0 Å². The van der Waals surface area contributed by atoms with Gasteiger partial charge in [-0.2, -0.15) is 5.10 Å². The van der Waals surface area contributed by atoms with Crippen LogP contribution in [0.5, 0.6) is 5.75 Å². The predicted molar refractivity (Wildman–Crippen MR) is 135 cm³/mol. The van der Waals surface area contributed by atoms with E-state index in [9.17, 15) is 5.11 Å². The molecule has 1 fully saturated rings. The minimum Gasteiger partial charge on any atom is -0.482 e. The molecule has 1 aliphatic carbocycles. The van der Waals surface area contributed by atoms with Gasteiger partial charge in [0, 0.05) is 12.1 Å². The molecule has 4 aromatic rings. The third-order valence-electron chi connectivity index (χ3n) is 6.94. The fourth-order valence-electron chi connectivity index (χ4n) is 5.04. The summed E-state index contributed by atoms with van der Waals surface area (Å²) in [5.41, 5.74) is 10.8. The molecule has 9 heteroatoms. The van der Waals surface area contributed by atoms with Crippen LogP contribution in [-0.2, 0) is 6.54 Å². The van der Waals surface area contributed by atoms with Crippen molar-refractivity contribution in [1.29, 1.82) is 0 Å². The van der Waals surface area contributed by atoms with Crippen LogP contribution in [0, 0.1) is 0 Å². The largest absolute Gasteiger partial charge is 0.482 e. The zero-order valence-corrected chi connectivity index (χ0v) is 19.4. The van der Waals surface area contributed by atoms with Crippen LogP contribution in [0.1, 0.15) is 37.3 Å². The number of para-hydroxylation sites is 2. The molecule has 0 bridgehead atoms. The molecule has 5 N–H and O–H groups in total. The van der Waals surface area contributed by atoms with Crippen LogP contribution in [0.3, 0.4) is 0 Å². The van der Waals surface area contributed by atoms with E-state index in [1.165, 1.54) is 19.2 Å². The molecular formula is C26H29N7O2. The summed E-state index contributed by atoms with van der Waals surface area (Å²) in [5.74, 6) is 1.20. The van der Waals surface area contributed by atoms with Crippen molar-refractivity contribution in [3.63, 3.8) is 0 Å². The molecule has 6 rings (SSSR count). The number of anilines is 2. The summed E-state index contributed by atoms with van der Waals surface area (Å²) < 4.78 is 7.99. The summed E-state index contributed by atoms with van der Waals surface area (Å²) >= 11 is 0. The van der Waals surface area contributed by atoms with Crippen LogP contribution in [0.15, 0.2) is 54.9 Å². The molecule has 0 radical (unpaired) electrons. The minimum atomic E-state index is -0.807. The molecule has 1 aliphatic heterocycles. The lowest BCUT2D eigenvalue weighted by Crippen LogP contribution is -2.48. The van der Waals surface area contributed by atoms with Gasteiger partial charge in [-0.25, -0.2) is 14.6 Å². The summed E-state index contributed by atoms with van der Waals surface area (Å²) in [6.07, 6.45) is 4.97. The molecule has 2 aromatic carbocycles. The smallest absolute Gasteiger partial charge is 0.164 e. The minimum absolute atomic E-state index is 0.356. The molecule has 0 saturated heterocycles. The standard InChI is InChI=1S/C26H29N7O2/c27-24-22-23(32-33(18-5-1-2-6-18)25(22)31-15-30-24)17-11-9-16(10-12-17)13-29-26(34)21-14-28-19-7-3-4-8-20(19)35-21/h3-4,7-12,15,18,21,26,28-29,34H,1-2,5-6,13-14H2,(H2,27,30,31). The number of nitrogens with zero attached hydrogens (tertiary/aromatic N) is 4. The van der Waals surface area contributed by atoms with E-state index in [-0.39, 0.29) is 6.10 Å². The maximum absolute atomic E-state index is 10.6. The molecule has 2 aromatic heterocycles. The number of aliphatic hydroxyl groups excluding tert-OH is 1. The van der Waals surface area contributed by atoms with E-state index in [2.05, 4.69) is 20.6 Å². The molecular weight excluding hydrogens is 442 g/mol. The number of nitrogen functional groups attached to an aromatic ring is 1. The highest BCUT2D eigenvalue weighted by molar-refractivity contribution is 5.98. The molecule has 3 heterocycles. The highest BCUT2D eigenvalue weighted by Crippen LogP contribution is 2.36. The van der Waals surface area contributed by atoms with Gasteiger partial charge in [-0.3, -0.25) is 5.32 Å². The molecule has 9 nitrogen and oxygen atoms in total. The van der Waals surface area contributed by atoms with Crippen molar-refractivity contribution in [1.82, 2.24) is 25.1 Å².